The summed E-state index contributed by atoms with van der Waals surface area (Å²) in [6, 6.07) is -1.11. The van der Waals surface area contributed by atoms with Gasteiger partial charge in [-0.05, 0) is 20.8 Å². The minimum absolute atomic E-state index is 0.00342. The first-order valence-corrected chi connectivity index (χ1v) is 7.49. The van der Waals surface area contributed by atoms with Crippen LogP contribution in [0.25, 0.3) is 0 Å². The number of halogens is 3. The van der Waals surface area contributed by atoms with Crippen molar-refractivity contribution in [2.24, 2.45) is 0 Å². The first kappa shape index (κ1) is 18.3. The average molecular weight is 347 g/mol. The molecule has 0 saturated carbocycles. The highest BCUT2D eigenvalue weighted by atomic mass is 19.4. The van der Waals surface area contributed by atoms with Crippen LogP contribution in [0.2, 0.25) is 0 Å². The number of Topliss-reactive ketones (excluding diaryl/α,β-unsaturated/α-hetero) is 1. The van der Waals surface area contributed by atoms with E-state index >= 15 is 0 Å². The van der Waals surface area contributed by atoms with Crippen molar-refractivity contribution in [3.8, 4) is 0 Å². The van der Waals surface area contributed by atoms with Crippen LogP contribution in [0.5, 0.6) is 0 Å². The van der Waals surface area contributed by atoms with Crippen molar-refractivity contribution in [2.75, 3.05) is 6.54 Å². The normalized spacial score (nSPS) is 18.3. The van der Waals surface area contributed by atoms with Crippen LogP contribution in [0, 0.1) is 0 Å². The van der Waals surface area contributed by atoms with Crippen LogP contribution in [0.15, 0.2) is 6.20 Å². The second kappa shape index (κ2) is 6.10. The summed E-state index contributed by atoms with van der Waals surface area (Å²) < 4.78 is 45.3. The number of alkyl halides is 3. The lowest BCUT2D eigenvalue weighted by atomic mass is 10.1. The number of fused-ring (bicyclic) bond motifs is 1. The fourth-order valence-electron chi connectivity index (χ4n) is 2.64. The zero-order valence-corrected chi connectivity index (χ0v) is 14.0. The van der Waals surface area contributed by atoms with Crippen LogP contribution in [-0.2, 0) is 11.3 Å². The number of hydrogen-bond donors (Lipinski definition) is 0. The molecule has 0 spiro atoms. The molecular weight excluding hydrogens is 327 g/mol. The Bertz CT molecular complexity index is 647. The van der Waals surface area contributed by atoms with Gasteiger partial charge in [0.1, 0.15) is 17.1 Å². The number of nitrogens with zero attached hydrogens (tertiary/aromatic N) is 3. The van der Waals surface area contributed by atoms with Crippen LogP contribution < -0.4 is 0 Å². The van der Waals surface area contributed by atoms with Gasteiger partial charge in [0, 0.05) is 13.5 Å². The van der Waals surface area contributed by atoms with Crippen molar-refractivity contribution >= 4 is 11.9 Å². The predicted octanol–water partition coefficient (Wildman–Crippen LogP) is 3.33. The first-order chi connectivity index (χ1) is 10.9. The Balaban J connectivity index is 2.33. The molecule has 1 amide bonds. The maximum Gasteiger partial charge on any atom is 0.410 e. The largest absolute Gasteiger partial charge is 0.444 e. The van der Waals surface area contributed by atoms with Gasteiger partial charge in [0.05, 0.1) is 25.2 Å². The molecule has 24 heavy (non-hydrogen) atoms. The van der Waals surface area contributed by atoms with Gasteiger partial charge in [-0.15, -0.1) is 0 Å². The Kier molecular flexibility index (Phi) is 4.65. The molecule has 0 saturated heterocycles. The van der Waals surface area contributed by atoms with Gasteiger partial charge in [-0.2, -0.15) is 13.2 Å². The topological polar surface area (TPSA) is 64.4 Å². The van der Waals surface area contributed by atoms with Gasteiger partial charge in [-0.3, -0.25) is 9.69 Å². The Hall–Kier alpha value is -2.06. The van der Waals surface area contributed by atoms with Crippen LogP contribution in [-0.4, -0.2) is 44.6 Å². The minimum atomic E-state index is -4.43. The Morgan fingerprint density at radius 3 is 2.46 bits per heavy atom. The summed E-state index contributed by atoms with van der Waals surface area (Å²) >= 11 is 0. The van der Waals surface area contributed by atoms with Gasteiger partial charge >= 0.3 is 12.3 Å². The molecule has 0 fully saturated rings. The Labute approximate surface area is 137 Å². The molecule has 1 aliphatic rings. The number of carbonyl (C=O) groups excluding carboxylic acids is 2. The summed E-state index contributed by atoms with van der Waals surface area (Å²) in [6.45, 7) is 6.11. The number of carbonyl (C=O) groups is 2. The van der Waals surface area contributed by atoms with E-state index in [2.05, 4.69) is 4.98 Å². The lowest BCUT2D eigenvalue weighted by molar-refractivity contribution is -0.145. The number of amides is 1. The molecule has 2 heterocycles. The third kappa shape index (κ3) is 4.27. The van der Waals surface area contributed by atoms with Gasteiger partial charge in [0.25, 0.3) is 0 Å². The zero-order valence-electron chi connectivity index (χ0n) is 14.0. The monoisotopic (exact) mass is 347 g/mol. The number of rotatable bonds is 2. The molecule has 9 heteroatoms. The fraction of sp³-hybridized carbons (Fsp3) is 0.667. The summed E-state index contributed by atoms with van der Waals surface area (Å²) in [5.41, 5.74) is -0.642. The van der Waals surface area contributed by atoms with E-state index in [0.717, 1.165) is 0 Å². The number of aromatic nitrogens is 2. The maximum absolute atomic E-state index is 12.9. The average Bonchev–Trinajstić information content (AvgIpc) is 2.78. The van der Waals surface area contributed by atoms with E-state index in [-0.39, 0.29) is 30.4 Å². The highest BCUT2D eigenvalue weighted by molar-refractivity contribution is 5.92. The van der Waals surface area contributed by atoms with E-state index in [1.54, 1.807) is 20.8 Å². The van der Waals surface area contributed by atoms with E-state index in [0.29, 0.717) is 0 Å². The van der Waals surface area contributed by atoms with Gasteiger partial charge < -0.3 is 9.30 Å². The molecule has 0 aliphatic carbocycles. The first-order valence-electron chi connectivity index (χ1n) is 7.49. The van der Waals surface area contributed by atoms with E-state index in [9.17, 15) is 22.8 Å². The molecule has 1 aliphatic heterocycles. The highest BCUT2D eigenvalue weighted by Gasteiger charge is 2.40. The van der Waals surface area contributed by atoms with E-state index in [4.69, 9.17) is 4.74 Å². The van der Waals surface area contributed by atoms with E-state index in [1.165, 1.54) is 22.6 Å². The second-order valence-electron chi connectivity index (χ2n) is 6.82. The van der Waals surface area contributed by atoms with Crippen molar-refractivity contribution in [3.05, 3.63) is 17.7 Å². The van der Waals surface area contributed by atoms with Crippen LogP contribution in [0.1, 0.15) is 56.5 Å². The molecule has 0 radical (unpaired) electrons. The molecule has 1 aromatic heterocycles. The maximum atomic E-state index is 12.9. The third-order valence-electron chi connectivity index (χ3n) is 3.48. The molecule has 0 bridgehead atoms. The molecule has 134 valence electrons. The van der Waals surface area contributed by atoms with E-state index < -0.39 is 30.3 Å². The van der Waals surface area contributed by atoms with Crippen molar-refractivity contribution in [1.82, 2.24) is 14.5 Å². The SMILES string of the molecule is CC(=O)c1cnc2n1C(CC(F)(F)F)CN(C(=O)OC(C)(C)C)C2. The zero-order chi connectivity index (χ0) is 18.3. The number of hydrogen-bond acceptors (Lipinski definition) is 4. The number of ketones is 1. The lowest BCUT2D eigenvalue weighted by Gasteiger charge is -2.36. The van der Waals surface area contributed by atoms with Crippen molar-refractivity contribution in [3.63, 3.8) is 0 Å². The molecule has 1 unspecified atom stereocenters. The summed E-state index contributed by atoms with van der Waals surface area (Å²) in [7, 11) is 0. The Morgan fingerprint density at radius 2 is 1.96 bits per heavy atom. The standard InChI is InChI=1S/C15H20F3N3O3/c1-9(22)11-6-19-12-8-20(13(23)24-14(2,3)4)7-10(21(11)12)5-15(16,17)18/h6,10H,5,7-8H2,1-4H3. The fourth-order valence-corrected chi connectivity index (χ4v) is 2.64. The molecule has 6 nitrogen and oxygen atoms in total. The molecule has 0 aromatic carbocycles. The molecule has 2 rings (SSSR count). The molecule has 1 atom stereocenters. The van der Waals surface area contributed by atoms with Gasteiger partial charge in [-0.1, -0.05) is 0 Å². The lowest BCUT2D eigenvalue weighted by Crippen LogP contribution is -2.45. The summed E-state index contributed by atoms with van der Waals surface area (Å²) in [6.07, 6.45) is -5.04. The van der Waals surface area contributed by atoms with Crippen LogP contribution >= 0.6 is 0 Å². The summed E-state index contributed by atoms with van der Waals surface area (Å²) in [4.78, 5) is 29.0. The molecule has 1 aromatic rings. The van der Waals surface area contributed by atoms with Gasteiger partial charge in [0.2, 0.25) is 0 Å². The highest BCUT2D eigenvalue weighted by Crippen LogP contribution is 2.33. The predicted molar refractivity (Wildman–Crippen MR) is 78.6 cm³/mol. The minimum Gasteiger partial charge on any atom is -0.444 e. The van der Waals surface area contributed by atoms with Crippen molar-refractivity contribution < 1.29 is 27.5 Å². The smallest absolute Gasteiger partial charge is 0.410 e. The van der Waals surface area contributed by atoms with Crippen molar-refractivity contribution in [1.29, 1.82) is 0 Å². The van der Waals surface area contributed by atoms with Crippen LogP contribution in [0.3, 0.4) is 0 Å². The quantitative estimate of drug-likeness (QED) is 0.770. The van der Waals surface area contributed by atoms with E-state index in [1.807, 2.05) is 0 Å². The number of imidazole rings is 1. The third-order valence-corrected chi connectivity index (χ3v) is 3.48. The summed E-state index contributed by atoms with van der Waals surface area (Å²) in [5, 5.41) is 0. The molecule has 0 N–H and O–H groups in total. The second-order valence-corrected chi connectivity index (χ2v) is 6.82. The number of ether oxygens (including phenoxy) is 1. The van der Waals surface area contributed by atoms with Crippen molar-refractivity contribution in [2.45, 2.75) is 58.5 Å². The van der Waals surface area contributed by atoms with Crippen LogP contribution in [0.4, 0.5) is 18.0 Å². The Morgan fingerprint density at radius 1 is 1.33 bits per heavy atom. The summed E-state index contributed by atoms with van der Waals surface area (Å²) in [5.74, 6) is -0.127. The van der Waals surface area contributed by atoms with Gasteiger partial charge in [-0.25, -0.2) is 9.78 Å². The molecular formula is C15H20F3N3O3. The van der Waals surface area contributed by atoms with Gasteiger partial charge in [0.15, 0.2) is 5.78 Å².